The van der Waals surface area contributed by atoms with Gasteiger partial charge in [-0.05, 0) is 44.0 Å². The van der Waals surface area contributed by atoms with Crippen LogP contribution in [0.3, 0.4) is 0 Å². The third-order valence-corrected chi connectivity index (χ3v) is 7.25. The number of alkyl halides is 1. The summed E-state index contributed by atoms with van der Waals surface area (Å²) in [6, 6.07) is 9.51. The van der Waals surface area contributed by atoms with Gasteiger partial charge in [-0.25, -0.2) is 9.37 Å². The topological polar surface area (TPSA) is 76.6 Å². The van der Waals surface area contributed by atoms with Gasteiger partial charge in [0, 0.05) is 49.3 Å². The van der Waals surface area contributed by atoms with Gasteiger partial charge in [0.2, 0.25) is 0 Å². The van der Waals surface area contributed by atoms with Crippen LogP contribution in [0.2, 0.25) is 0 Å². The SMILES string of the molecule is Cc1ccc(-c2cnc3c(N4CCC(F)CC4)cc(C(=O)NCc4ccc(C)[n+]([O-])c4)cn23)s1. The molecular formula is C25H26FN5O2S. The van der Waals surface area contributed by atoms with E-state index >= 15 is 0 Å². The van der Waals surface area contributed by atoms with Gasteiger partial charge in [0.25, 0.3) is 5.91 Å². The van der Waals surface area contributed by atoms with Crippen molar-refractivity contribution in [1.29, 1.82) is 0 Å². The summed E-state index contributed by atoms with van der Waals surface area (Å²) in [5.74, 6) is -0.247. The van der Waals surface area contributed by atoms with Crippen LogP contribution in [0.5, 0.6) is 0 Å². The first-order valence-electron chi connectivity index (χ1n) is 11.3. The number of carbonyl (C=O) groups is 1. The van der Waals surface area contributed by atoms with Gasteiger partial charge >= 0.3 is 0 Å². The van der Waals surface area contributed by atoms with Crippen molar-refractivity contribution in [2.75, 3.05) is 18.0 Å². The van der Waals surface area contributed by atoms with E-state index < -0.39 is 6.17 Å². The van der Waals surface area contributed by atoms with Crippen LogP contribution in [-0.4, -0.2) is 34.6 Å². The molecule has 0 spiro atoms. The second-order valence-electron chi connectivity index (χ2n) is 8.71. The molecule has 4 aromatic heterocycles. The van der Waals surface area contributed by atoms with Crippen LogP contribution in [0.15, 0.2) is 48.9 Å². The summed E-state index contributed by atoms with van der Waals surface area (Å²) in [4.78, 5) is 22.2. The smallest absolute Gasteiger partial charge is 0.253 e. The molecule has 1 aliphatic heterocycles. The fourth-order valence-corrected chi connectivity index (χ4v) is 5.13. The Morgan fingerprint density at radius 3 is 2.76 bits per heavy atom. The summed E-state index contributed by atoms with van der Waals surface area (Å²) in [5, 5.41) is 14.8. The van der Waals surface area contributed by atoms with Crippen molar-refractivity contribution < 1.29 is 13.9 Å². The van der Waals surface area contributed by atoms with Crippen LogP contribution in [0.4, 0.5) is 10.1 Å². The number of thiophene rings is 1. The van der Waals surface area contributed by atoms with Gasteiger partial charge in [0.1, 0.15) is 6.17 Å². The highest BCUT2D eigenvalue weighted by Crippen LogP contribution is 2.33. The second-order valence-corrected chi connectivity index (χ2v) is 10.00. The number of nitrogens with zero attached hydrogens (tertiary/aromatic N) is 4. The second kappa shape index (κ2) is 9.06. The van der Waals surface area contributed by atoms with E-state index in [9.17, 15) is 14.4 Å². The number of pyridine rings is 2. The first-order valence-corrected chi connectivity index (χ1v) is 12.1. The molecule has 1 aliphatic rings. The molecule has 0 bridgehead atoms. The number of aryl methyl sites for hydroxylation is 2. The molecule has 1 saturated heterocycles. The van der Waals surface area contributed by atoms with Gasteiger partial charge in [-0.15, -0.1) is 11.3 Å². The molecule has 1 N–H and O–H groups in total. The normalized spacial score (nSPS) is 14.6. The van der Waals surface area contributed by atoms with Gasteiger partial charge in [-0.3, -0.25) is 9.20 Å². The maximum Gasteiger partial charge on any atom is 0.253 e. The van der Waals surface area contributed by atoms with E-state index in [1.807, 2.05) is 22.7 Å². The molecule has 0 atom stereocenters. The number of aromatic nitrogens is 3. The Bertz CT molecular complexity index is 1360. The lowest BCUT2D eigenvalue weighted by atomic mass is 10.1. The quantitative estimate of drug-likeness (QED) is 0.344. The molecule has 9 heteroatoms. The van der Waals surface area contributed by atoms with Gasteiger partial charge in [-0.2, -0.15) is 4.73 Å². The van der Waals surface area contributed by atoms with E-state index in [2.05, 4.69) is 34.3 Å². The highest BCUT2D eigenvalue weighted by molar-refractivity contribution is 7.15. The number of anilines is 1. The number of rotatable bonds is 5. The van der Waals surface area contributed by atoms with Crippen LogP contribution >= 0.6 is 11.3 Å². The minimum Gasteiger partial charge on any atom is -0.619 e. The molecule has 7 nitrogen and oxygen atoms in total. The number of hydrogen-bond acceptors (Lipinski definition) is 5. The first-order chi connectivity index (χ1) is 16.4. The largest absolute Gasteiger partial charge is 0.619 e. The first kappa shape index (κ1) is 22.3. The van der Waals surface area contributed by atoms with Crippen molar-refractivity contribution in [3.05, 3.63) is 75.8 Å². The summed E-state index contributed by atoms with van der Waals surface area (Å²) >= 11 is 1.67. The number of piperidine rings is 1. The van der Waals surface area contributed by atoms with Crippen LogP contribution in [0, 0.1) is 19.1 Å². The number of amides is 1. The maximum atomic E-state index is 13.8. The fourth-order valence-electron chi connectivity index (χ4n) is 4.26. The van der Waals surface area contributed by atoms with E-state index in [0.29, 0.717) is 37.2 Å². The minimum atomic E-state index is -0.790. The maximum absolute atomic E-state index is 13.8. The van der Waals surface area contributed by atoms with Crippen molar-refractivity contribution in [2.45, 2.75) is 39.4 Å². The molecule has 176 valence electrons. The van der Waals surface area contributed by atoms with Gasteiger partial charge in [-0.1, -0.05) is 0 Å². The van der Waals surface area contributed by atoms with Gasteiger partial charge < -0.3 is 15.4 Å². The molecule has 34 heavy (non-hydrogen) atoms. The molecule has 0 aromatic carbocycles. The van der Waals surface area contributed by atoms with Crippen molar-refractivity contribution in [3.8, 4) is 10.6 Å². The summed E-state index contributed by atoms with van der Waals surface area (Å²) in [6.07, 6.45) is 5.23. The zero-order valence-corrected chi connectivity index (χ0v) is 19.9. The Morgan fingerprint density at radius 2 is 2.06 bits per heavy atom. The van der Waals surface area contributed by atoms with Crippen molar-refractivity contribution >= 4 is 28.6 Å². The number of imidazole rings is 1. The van der Waals surface area contributed by atoms with Crippen LogP contribution in [0.25, 0.3) is 16.2 Å². The van der Waals surface area contributed by atoms with Crippen molar-refractivity contribution in [2.24, 2.45) is 0 Å². The summed E-state index contributed by atoms with van der Waals surface area (Å²) in [6.45, 7) is 5.18. The molecule has 0 radical (unpaired) electrons. The average Bonchev–Trinajstić information content (AvgIpc) is 3.45. The monoisotopic (exact) mass is 479 g/mol. The molecule has 4 aromatic rings. The van der Waals surface area contributed by atoms with Gasteiger partial charge in [0.15, 0.2) is 17.5 Å². The third kappa shape index (κ3) is 4.35. The number of fused-ring (bicyclic) bond motifs is 1. The Hall–Kier alpha value is -3.46. The average molecular weight is 480 g/mol. The molecule has 1 fully saturated rings. The number of halogens is 1. The Labute approximate surface area is 201 Å². The molecule has 0 saturated carbocycles. The standard InChI is InChI=1S/C25H26FN5O2S/c1-16-3-5-18(14-31(16)33)12-28-25(32)19-11-21(29-9-7-20(26)8-10-29)24-27-13-22(30(24)15-19)23-6-4-17(2)34-23/h3-6,11,13-15,20H,7-10,12H2,1-2H3,(H,28,32). The van der Waals surface area contributed by atoms with Crippen LogP contribution < -0.4 is 14.9 Å². The zero-order valence-electron chi connectivity index (χ0n) is 19.1. The minimum absolute atomic E-state index is 0.239. The highest BCUT2D eigenvalue weighted by Gasteiger charge is 2.23. The van der Waals surface area contributed by atoms with E-state index in [4.69, 9.17) is 0 Å². The van der Waals surface area contributed by atoms with Crippen molar-refractivity contribution in [1.82, 2.24) is 14.7 Å². The number of nitrogens with one attached hydrogen (secondary N) is 1. The molecule has 0 unspecified atom stereocenters. The van der Waals surface area contributed by atoms with Crippen LogP contribution in [-0.2, 0) is 6.54 Å². The summed E-state index contributed by atoms with van der Waals surface area (Å²) in [7, 11) is 0. The van der Waals surface area contributed by atoms with Gasteiger partial charge in [0.05, 0.1) is 28.0 Å². The third-order valence-electron chi connectivity index (χ3n) is 6.23. The Kier molecular flexibility index (Phi) is 5.95. The predicted molar refractivity (Wildman–Crippen MR) is 131 cm³/mol. The lowest BCUT2D eigenvalue weighted by Gasteiger charge is -2.31. The Morgan fingerprint density at radius 1 is 1.26 bits per heavy atom. The molecular weight excluding hydrogens is 453 g/mol. The lowest BCUT2D eigenvalue weighted by molar-refractivity contribution is -0.612. The molecule has 5 rings (SSSR count). The lowest BCUT2D eigenvalue weighted by Crippen LogP contribution is -2.35. The molecule has 0 aliphatic carbocycles. The van der Waals surface area contributed by atoms with E-state index in [-0.39, 0.29) is 12.5 Å². The summed E-state index contributed by atoms with van der Waals surface area (Å²) in [5.41, 5.74) is 4.29. The summed E-state index contributed by atoms with van der Waals surface area (Å²) < 4.78 is 16.5. The molecule has 5 heterocycles. The number of hydrogen-bond donors (Lipinski definition) is 1. The Balaban J connectivity index is 1.51. The van der Waals surface area contributed by atoms with Crippen LogP contribution in [0.1, 0.15) is 39.3 Å². The zero-order chi connectivity index (χ0) is 23.8. The molecule has 1 amide bonds. The fraction of sp³-hybridized carbons (Fsp3) is 0.320. The highest BCUT2D eigenvalue weighted by atomic mass is 32.1. The van der Waals surface area contributed by atoms with E-state index in [0.717, 1.165) is 32.2 Å². The predicted octanol–water partition coefficient (Wildman–Crippen LogP) is 4.18. The van der Waals surface area contributed by atoms with E-state index in [1.54, 1.807) is 30.5 Å². The number of carbonyl (C=O) groups excluding carboxylic acids is 1. The van der Waals surface area contributed by atoms with E-state index in [1.165, 1.54) is 11.1 Å². The van der Waals surface area contributed by atoms with Crippen molar-refractivity contribution in [3.63, 3.8) is 0 Å².